The third-order valence-corrected chi connectivity index (χ3v) is 7.86. The van der Waals surface area contributed by atoms with Gasteiger partial charge in [0.15, 0.2) is 0 Å². The minimum Gasteiger partial charge on any atom is -0.336 e. The maximum absolute atomic E-state index is 13.8. The number of hydrogen-bond donors (Lipinski definition) is 1. The Kier molecular flexibility index (Phi) is 7.03. The number of aromatic nitrogens is 1. The Morgan fingerprint density at radius 2 is 1.78 bits per heavy atom. The van der Waals surface area contributed by atoms with Gasteiger partial charge in [0, 0.05) is 42.2 Å². The predicted molar refractivity (Wildman–Crippen MR) is 143 cm³/mol. The summed E-state index contributed by atoms with van der Waals surface area (Å²) in [5, 5.41) is 3.15. The molecule has 0 radical (unpaired) electrons. The zero-order valence-electron chi connectivity index (χ0n) is 19.8. The molecule has 184 valence electrons. The lowest BCUT2D eigenvalue weighted by atomic mass is 9.83. The third kappa shape index (κ3) is 4.99. The van der Waals surface area contributed by atoms with Crippen molar-refractivity contribution in [1.29, 1.82) is 0 Å². The van der Waals surface area contributed by atoms with Crippen LogP contribution in [-0.4, -0.2) is 40.6 Å². The molecule has 8 heteroatoms. The average molecular weight is 520 g/mol. The summed E-state index contributed by atoms with van der Waals surface area (Å²) in [6.07, 6.45) is 4.65. The Labute approximate surface area is 219 Å². The van der Waals surface area contributed by atoms with Gasteiger partial charge in [-0.3, -0.25) is 14.4 Å². The number of thioether (sulfide) groups is 1. The maximum atomic E-state index is 13.8. The molecule has 0 unspecified atom stereocenters. The Balaban J connectivity index is 1.45. The van der Waals surface area contributed by atoms with Gasteiger partial charge in [-0.2, -0.15) is 0 Å². The van der Waals surface area contributed by atoms with Gasteiger partial charge in [-0.15, -0.1) is 11.8 Å². The zero-order valence-corrected chi connectivity index (χ0v) is 21.4. The van der Waals surface area contributed by atoms with Crippen molar-refractivity contribution in [2.75, 3.05) is 19.3 Å². The van der Waals surface area contributed by atoms with Crippen LogP contribution in [-0.2, 0) is 11.3 Å². The van der Waals surface area contributed by atoms with Gasteiger partial charge < -0.3 is 14.8 Å². The molecule has 1 N–H and O–H groups in total. The molecule has 36 heavy (non-hydrogen) atoms. The molecule has 5 rings (SSSR count). The zero-order chi connectivity index (χ0) is 25.2. The largest absolute Gasteiger partial charge is 0.336 e. The second-order valence-corrected chi connectivity index (χ2v) is 10.5. The molecule has 2 aliphatic heterocycles. The van der Waals surface area contributed by atoms with E-state index in [2.05, 4.69) is 5.32 Å². The van der Waals surface area contributed by atoms with Crippen LogP contribution in [0.5, 0.6) is 0 Å². The highest BCUT2D eigenvalue weighted by Gasteiger charge is 2.37. The van der Waals surface area contributed by atoms with Crippen LogP contribution >= 0.6 is 23.4 Å². The summed E-state index contributed by atoms with van der Waals surface area (Å²) in [7, 11) is 0. The van der Waals surface area contributed by atoms with E-state index in [0.717, 1.165) is 22.6 Å². The highest BCUT2D eigenvalue weighted by molar-refractivity contribution is 7.98. The van der Waals surface area contributed by atoms with Crippen LogP contribution in [0.25, 0.3) is 6.08 Å². The van der Waals surface area contributed by atoms with E-state index in [9.17, 15) is 14.4 Å². The molecule has 3 aromatic rings. The van der Waals surface area contributed by atoms with Gasteiger partial charge in [-0.25, -0.2) is 0 Å². The quantitative estimate of drug-likeness (QED) is 0.394. The molecule has 2 bridgehead atoms. The van der Waals surface area contributed by atoms with Crippen molar-refractivity contribution in [1.82, 2.24) is 14.8 Å². The lowest BCUT2D eigenvalue weighted by Gasteiger charge is -2.43. The minimum atomic E-state index is -0.435. The van der Waals surface area contributed by atoms with E-state index in [0.29, 0.717) is 30.2 Å². The van der Waals surface area contributed by atoms with Crippen molar-refractivity contribution in [2.45, 2.75) is 23.8 Å². The molecular formula is C28H26ClN3O3S. The van der Waals surface area contributed by atoms with Crippen molar-refractivity contribution in [3.05, 3.63) is 105 Å². The van der Waals surface area contributed by atoms with Crippen LogP contribution in [0, 0.1) is 5.92 Å². The van der Waals surface area contributed by atoms with Gasteiger partial charge in [0.05, 0.1) is 10.6 Å². The number of pyridine rings is 1. The van der Waals surface area contributed by atoms with Gasteiger partial charge in [-0.05, 0) is 60.6 Å². The van der Waals surface area contributed by atoms with Crippen molar-refractivity contribution in [3.8, 4) is 0 Å². The molecule has 3 heterocycles. The van der Waals surface area contributed by atoms with Crippen molar-refractivity contribution >= 4 is 41.3 Å². The first kappa shape index (κ1) is 24.4. The number of carbonyl (C=O) groups excluding carboxylic acids is 2. The third-order valence-electron chi connectivity index (χ3n) is 6.79. The Hall–Kier alpha value is -3.29. The molecule has 1 aromatic heterocycles. The summed E-state index contributed by atoms with van der Waals surface area (Å²) < 4.78 is 1.84. The molecular weight excluding hydrogens is 494 g/mol. The Bertz CT molecular complexity index is 1400. The normalized spacial score (nSPS) is 18.9. The fourth-order valence-corrected chi connectivity index (χ4v) is 5.72. The van der Waals surface area contributed by atoms with E-state index < -0.39 is 5.91 Å². The first-order valence-electron chi connectivity index (χ1n) is 11.8. The van der Waals surface area contributed by atoms with Gasteiger partial charge in [0.25, 0.3) is 17.4 Å². The van der Waals surface area contributed by atoms with Gasteiger partial charge >= 0.3 is 0 Å². The minimum absolute atomic E-state index is 0.00301. The first-order chi connectivity index (χ1) is 17.4. The molecule has 0 saturated carbocycles. The number of benzene rings is 2. The number of hydrogen-bond acceptors (Lipinski definition) is 4. The molecule has 1 fully saturated rings. The fraction of sp³-hybridized carbons (Fsp3) is 0.250. The van der Waals surface area contributed by atoms with Crippen LogP contribution < -0.4 is 10.9 Å². The van der Waals surface area contributed by atoms with E-state index in [1.165, 1.54) is 0 Å². The maximum Gasteiger partial charge on any atom is 0.270 e. The van der Waals surface area contributed by atoms with E-state index >= 15 is 0 Å². The number of rotatable bonds is 5. The average Bonchev–Trinajstić information content (AvgIpc) is 2.89. The topological polar surface area (TPSA) is 71.4 Å². The number of halogens is 1. The lowest BCUT2D eigenvalue weighted by Crippen LogP contribution is -2.50. The van der Waals surface area contributed by atoms with Crippen LogP contribution in [0.4, 0.5) is 0 Å². The summed E-state index contributed by atoms with van der Waals surface area (Å²) in [6, 6.07) is 19.9. The Morgan fingerprint density at radius 1 is 1.00 bits per heavy atom. The lowest BCUT2D eigenvalue weighted by molar-refractivity contribution is -0.130. The van der Waals surface area contributed by atoms with Crippen LogP contribution in [0.1, 0.15) is 34.0 Å². The van der Waals surface area contributed by atoms with E-state index in [1.807, 2.05) is 41.2 Å². The number of carbonyl (C=O) groups is 2. The molecule has 2 atom stereocenters. The highest BCUT2D eigenvalue weighted by Crippen LogP contribution is 2.35. The summed E-state index contributed by atoms with van der Waals surface area (Å²) >= 11 is 7.88. The number of likely N-dealkylation sites (tertiary alicyclic amines) is 1. The van der Waals surface area contributed by atoms with Crippen LogP contribution in [0.3, 0.4) is 0 Å². The number of amides is 2. The first-order valence-corrected chi connectivity index (χ1v) is 13.4. The molecule has 0 spiro atoms. The second kappa shape index (κ2) is 10.4. The summed E-state index contributed by atoms with van der Waals surface area (Å²) in [6.45, 7) is 1.61. The van der Waals surface area contributed by atoms with E-state index in [-0.39, 0.29) is 29.0 Å². The molecule has 1 saturated heterocycles. The van der Waals surface area contributed by atoms with Crippen molar-refractivity contribution < 1.29 is 9.59 Å². The van der Waals surface area contributed by atoms with Gasteiger partial charge in [-0.1, -0.05) is 41.9 Å². The van der Waals surface area contributed by atoms with Crippen molar-refractivity contribution in [3.63, 3.8) is 0 Å². The standard InChI is InChI=1S/C28H26ClN3O3S/c1-36-21-11-9-18(10-12-21)14-24(30-27(34)22-5-2-3-6-23(22)29)28(35)31-15-19-13-20(17-31)25-7-4-8-26(33)32(25)16-19/h2-12,14,19-20H,13,15-17H2,1H3,(H,30,34)/b24-14-/t19-,20+/m1/s1. The molecule has 0 aliphatic carbocycles. The second-order valence-electron chi connectivity index (χ2n) is 9.17. The summed E-state index contributed by atoms with van der Waals surface area (Å²) in [5.74, 6) is -0.417. The number of nitrogens with zero attached hydrogens (tertiary/aromatic N) is 2. The van der Waals surface area contributed by atoms with Crippen molar-refractivity contribution in [2.24, 2.45) is 5.92 Å². The predicted octanol–water partition coefficient (Wildman–Crippen LogP) is 4.64. The molecule has 6 nitrogen and oxygen atoms in total. The summed E-state index contributed by atoms with van der Waals surface area (Å²) in [5.41, 5.74) is 2.28. The SMILES string of the molecule is CSc1ccc(/C=C(\NC(=O)c2ccccc2Cl)C(=O)N2C[C@H]3C[C@@H](C2)c2cccc(=O)n2C3)cc1. The van der Waals surface area contributed by atoms with E-state index in [4.69, 9.17) is 11.6 Å². The van der Waals surface area contributed by atoms with Crippen LogP contribution in [0.15, 0.2) is 82.1 Å². The van der Waals surface area contributed by atoms with Gasteiger partial charge in [0.1, 0.15) is 5.70 Å². The number of nitrogens with one attached hydrogen (secondary N) is 1. The summed E-state index contributed by atoms with van der Waals surface area (Å²) in [4.78, 5) is 42.2. The monoisotopic (exact) mass is 519 g/mol. The fourth-order valence-electron chi connectivity index (χ4n) is 5.09. The molecule has 2 aromatic carbocycles. The smallest absolute Gasteiger partial charge is 0.270 e. The Morgan fingerprint density at radius 3 is 2.53 bits per heavy atom. The molecule has 2 amide bonds. The van der Waals surface area contributed by atoms with Crippen LogP contribution in [0.2, 0.25) is 5.02 Å². The van der Waals surface area contributed by atoms with E-state index in [1.54, 1.807) is 59.1 Å². The number of fused-ring (bicyclic) bond motifs is 4. The number of piperidine rings is 1. The highest BCUT2D eigenvalue weighted by atomic mass is 35.5. The van der Waals surface area contributed by atoms with Gasteiger partial charge in [0.2, 0.25) is 0 Å². The molecule has 2 aliphatic rings.